The Kier molecular flexibility index (Phi) is 7.60. The highest BCUT2D eigenvalue weighted by atomic mass is 35.5. The number of amides is 1. The molecular weight excluding hydrogens is 460 g/mol. The molecule has 0 N–H and O–H groups in total. The van der Waals surface area contributed by atoms with E-state index < -0.39 is 4.92 Å². The normalized spacial score (nSPS) is 14.4. The van der Waals surface area contributed by atoms with Gasteiger partial charge in [-0.05, 0) is 37.1 Å². The Hall–Kier alpha value is -2.11. The molecule has 0 atom stereocenters. The predicted molar refractivity (Wildman–Crippen MR) is 126 cm³/mol. The summed E-state index contributed by atoms with van der Waals surface area (Å²) in [5.41, 5.74) is 3.12. The molecule has 3 heterocycles. The summed E-state index contributed by atoms with van der Waals surface area (Å²) in [5.74, 6) is -0.255. The van der Waals surface area contributed by atoms with Crippen LogP contribution in [-0.4, -0.2) is 60.1 Å². The minimum atomic E-state index is -0.469. The first-order valence-electron chi connectivity index (χ1n) is 9.66. The average Bonchev–Trinajstić information content (AvgIpc) is 3.36. The maximum absolute atomic E-state index is 13.3. The van der Waals surface area contributed by atoms with Gasteiger partial charge in [-0.15, -0.1) is 12.4 Å². The van der Waals surface area contributed by atoms with Crippen LogP contribution < -0.4 is 4.90 Å². The van der Waals surface area contributed by atoms with E-state index >= 15 is 0 Å². The summed E-state index contributed by atoms with van der Waals surface area (Å²) in [4.78, 5) is 32.9. The molecule has 1 aromatic carbocycles. The molecule has 0 saturated carbocycles. The number of halogens is 1. The molecule has 1 aliphatic rings. The van der Waals surface area contributed by atoms with Gasteiger partial charge in [0.05, 0.1) is 33.2 Å². The lowest BCUT2D eigenvalue weighted by Gasteiger charge is -2.29. The number of fused-ring (bicyclic) bond motifs is 1. The molecule has 31 heavy (non-hydrogen) atoms. The van der Waals surface area contributed by atoms with E-state index in [4.69, 9.17) is 9.72 Å². The van der Waals surface area contributed by atoms with E-state index in [-0.39, 0.29) is 23.3 Å². The Morgan fingerprint density at radius 3 is 2.68 bits per heavy atom. The molecule has 1 aliphatic heterocycles. The second kappa shape index (κ2) is 10.0. The molecular formula is C20H23ClN4O4S2. The molecule has 0 aliphatic carbocycles. The van der Waals surface area contributed by atoms with Crippen molar-refractivity contribution in [1.82, 2.24) is 9.88 Å². The average molecular weight is 483 g/mol. The van der Waals surface area contributed by atoms with Crippen LogP contribution in [0, 0.1) is 24.0 Å². The number of aromatic nitrogens is 1. The fraction of sp³-hybridized carbons (Fsp3) is 0.400. The highest BCUT2D eigenvalue weighted by molar-refractivity contribution is 7.22. The fourth-order valence-electron chi connectivity index (χ4n) is 3.50. The van der Waals surface area contributed by atoms with Crippen molar-refractivity contribution in [3.8, 4) is 0 Å². The van der Waals surface area contributed by atoms with E-state index in [1.807, 2.05) is 19.9 Å². The summed E-state index contributed by atoms with van der Waals surface area (Å²) in [6.07, 6.45) is 0. The van der Waals surface area contributed by atoms with E-state index in [1.165, 1.54) is 23.5 Å². The van der Waals surface area contributed by atoms with Crippen LogP contribution in [-0.2, 0) is 4.74 Å². The van der Waals surface area contributed by atoms with Crippen molar-refractivity contribution >= 4 is 61.3 Å². The molecule has 0 unspecified atom stereocenters. The van der Waals surface area contributed by atoms with Gasteiger partial charge in [-0.1, -0.05) is 28.7 Å². The van der Waals surface area contributed by atoms with Gasteiger partial charge in [0, 0.05) is 32.2 Å². The lowest BCUT2D eigenvalue weighted by molar-refractivity contribution is -0.380. The number of benzene rings is 1. The minimum Gasteiger partial charge on any atom is -0.379 e. The minimum absolute atomic E-state index is 0. The first-order valence-corrected chi connectivity index (χ1v) is 11.3. The molecule has 0 spiro atoms. The Morgan fingerprint density at radius 1 is 1.26 bits per heavy atom. The predicted octanol–water partition coefficient (Wildman–Crippen LogP) is 4.28. The summed E-state index contributed by atoms with van der Waals surface area (Å²) in [5, 5.41) is 11.6. The fourth-order valence-corrected chi connectivity index (χ4v) is 5.31. The molecule has 0 radical (unpaired) electrons. The van der Waals surface area contributed by atoms with Gasteiger partial charge in [-0.3, -0.25) is 24.7 Å². The molecule has 8 nitrogen and oxygen atoms in total. The first kappa shape index (κ1) is 23.6. The van der Waals surface area contributed by atoms with Crippen LogP contribution in [0.5, 0.6) is 0 Å². The zero-order chi connectivity index (χ0) is 21.3. The van der Waals surface area contributed by atoms with Crippen LogP contribution in [0.25, 0.3) is 10.2 Å². The zero-order valence-corrected chi connectivity index (χ0v) is 19.6. The summed E-state index contributed by atoms with van der Waals surface area (Å²) in [7, 11) is 0. The van der Waals surface area contributed by atoms with Crippen molar-refractivity contribution in [2.45, 2.75) is 13.8 Å². The van der Waals surface area contributed by atoms with Gasteiger partial charge < -0.3 is 4.74 Å². The zero-order valence-electron chi connectivity index (χ0n) is 17.2. The van der Waals surface area contributed by atoms with Crippen LogP contribution >= 0.6 is 35.1 Å². The number of aryl methyl sites for hydroxylation is 2. The summed E-state index contributed by atoms with van der Waals surface area (Å²) in [6.45, 7) is 8.24. The van der Waals surface area contributed by atoms with E-state index in [2.05, 4.69) is 11.0 Å². The SMILES string of the molecule is Cc1cc(C)c2sc(N(CCN3CCOCC3)C(=O)c3ccc([N+](=O)[O-])s3)nc2c1.Cl. The molecule has 0 bridgehead atoms. The molecule has 2 aromatic heterocycles. The molecule has 1 fully saturated rings. The van der Waals surface area contributed by atoms with Crippen LogP contribution in [0.3, 0.4) is 0 Å². The third-order valence-electron chi connectivity index (χ3n) is 5.01. The third kappa shape index (κ3) is 5.21. The standard InChI is InChI=1S/C20H22N4O4S2.ClH/c1-13-11-14(2)18-15(12-13)21-20(30-18)23(6-5-22-7-9-28-10-8-22)19(25)16-3-4-17(29-16)24(26)27;/h3-4,11-12H,5-10H2,1-2H3;1H. The van der Waals surface area contributed by atoms with E-state index in [0.29, 0.717) is 36.3 Å². The number of carbonyl (C=O) groups is 1. The Balaban J connectivity index is 0.00000272. The lowest BCUT2D eigenvalue weighted by atomic mass is 10.1. The van der Waals surface area contributed by atoms with Gasteiger partial charge in [-0.25, -0.2) is 4.98 Å². The van der Waals surface area contributed by atoms with Crippen molar-refractivity contribution in [2.75, 3.05) is 44.3 Å². The number of rotatable bonds is 6. The Labute approximate surface area is 194 Å². The number of thiophene rings is 1. The highest BCUT2D eigenvalue weighted by Crippen LogP contribution is 2.34. The number of ether oxygens (including phenoxy) is 1. The highest BCUT2D eigenvalue weighted by Gasteiger charge is 2.26. The number of hydrogen-bond acceptors (Lipinski definition) is 8. The largest absolute Gasteiger partial charge is 0.379 e. The number of anilines is 1. The van der Waals surface area contributed by atoms with Crippen molar-refractivity contribution in [2.24, 2.45) is 0 Å². The Morgan fingerprint density at radius 2 is 2.00 bits per heavy atom. The second-order valence-corrected chi connectivity index (χ2v) is 9.27. The second-order valence-electron chi connectivity index (χ2n) is 7.23. The summed E-state index contributed by atoms with van der Waals surface area (Å²) >= 11 is 2.38. The maximum Gasteiger partial charge on any atom is 0.324 e. The molecule has 11 heteroatoms. The number of carbonyl (C=O) groups excluding carboxylic acids is 1. The van der Waals surface area contributed by atoms with Crippen LogP contribution in [0.4, 0.5) is 10.1 Å². The Bertz CT molecular complexity index is 1090. The van der Waals surface area contributed by atoms with Gasteiger partial charge in [-0.2, -0.15) is 0 Å². The first-order chi connectivity index (χ1) is 14.4. The quantitative estimate of drug-likeness (QED) is 0.384. The smallest absolute Gasteiger partial charge is 0.324 e. The molecule has 3 aromatic rings. The monoisotopic (exact) mass is 482 g/mol. The number of nitrogens with zero attached hydrogens (tertiary/aromatic N) is 4. The molecule has 4 rings (SSSR count). The van der Waals surface area contributed by atoms with Crippen molar-refractivity contribution < 1.29 is 14.5 Å². The summed E-state index contributed by atoms with van der Waals surface area (Å²) in [6, 6.07) is 7.02. The van der Waals surface area contributed by atoms with Crippen molar-refractivity contribution in [1.29, 1.82) is 0 Å². The number of thiazole rings is 1. The van der Waals surface area contributed by atoms with E-state index in [1.54, 1.807) is 4.90 Å². The van der Waals surface area contributed by atoms with Gasteiger partial charge in [0.1, 0.15) is 0 Å². The lowest BCUT2D eigenvalue weighted by Crippen LogP contribution is -2.43. The van der Waals surface area contributed by atoms with Gasteiger partial charge in [0.15, 0.2) is 5.13 Å². The van der Waals surface area contributed by atoms with Crippen LogP contribution in [0.1, 0.15) is 20.8 Å². The van der Waals surface area contributed by atoms with Crippen molar-refractivity contribution in [3.63, 3.8) is 0 Å². The van der Waals surface area contributed by atoms with Crippen molar-refractivity contribution in [3.05, 3.63) is 50.4 Å². The van der Waals surface area contributed by atoms with Crippen LogP contribution in [0.15, 0.2) is 24.3 Å². The van der Waals surface area contributed by atoms with E-state index in [0.717, 1.165) is 45.8 Å². The van der Waals surface area contributed by atoms with Gasteiger partial charge >= 0.3 is 5.00 Å². The maximum atomic E-state index is 13.3. The number of hydrogen-bond donors (Lipinski definition) is 0. The number of morpholine rings is 1. The molecule has 166 valence electrons. The molecule has 1 saturated heterocycles. The molecule has 1 amide bonds. The third-order valence-corrected chi connectivity index (χ3v) is 7.27. The van der Waals surface area contributed by atoms with Gasteiger partial charge in [0.25, 0.3) is 5.91 Å². The topological polar surface area (TPSA) is 88.8 Å². The van der Waals surface area contributed by atoms with Gasteiger partial charge in [0.2, 0.25) is 0 Å². The van der Waals surface area contributed by atoms with Crippen LogP contribution in [0.2, 0.25) is 0 Å². The van der Waals surface area contributed by atoms with E-state index in [9.17, 15) is 14.9 Å². The summed E-state index contributed by atoms with van der Waals surface area (Å²) < 4.78 is 6.46. The number of nitro groups is 1.